The van der Waals surface area contributed by atoms with Gasteiger partial charge in [-0.2, -0.15) is 0 Å². The maximum absolute atomic E-state index is 13.4. The van der Waals surface area contributed by atoms with Crippen molar-refractivity contribution in [2.45, 2.75) is 84.7 Å². The number of hydrogen-bond donors (Lipinski definition) is 1. The summed E-state index contributed by atoms with van der Waals surface area (Å²) in [6.07, 6.45) is 10.1. The van der Waals surface area contributed by atoms with Crippen LogP contribution in [0.25, 0.3) is 0 Å². The molecule has 33 heavy (non-hydrogen) atoms. The highest BCUT2D eigenvalue weighted by atomic mass is 32.1. The van der Waals surface area contributed by atoms with E-state index in [1.54, 1.807) is 0 Å². The summed E-state index contributed by atoms with van der Waals surface area (Å²) >= 11 is 1.87. The van der Waals surface area contributed by atoms with Crippen molar-refractivity contribution in [2.75, 3.05) is 19.6 Å². The summed E-state index contributed by atoms with van der Waals surface area (Å²) in [6.45, 7) is 9.71. The summed E-state index contributed by atoms with van der Waals surface area (Å²) in [6, 6.07) is 2.83. The first-order chi connectivity index (χ1) is 15.9. The number of carbonyl (C=O) groups excluding carboxylic acids is 1. The fourth-order valence-corrected chi connectivity index (χ4v) is 7.38. The van der Waals surface area contributed by atoms with Crippen molar-refractivity contribution in [2.24, 2.45) is 5.92 Å². The SMILES string of the molecule is Cc1cc(C)c(CN2CCc3sc(CC[C@H]4CC[C@H](N5CCC5)CC4)c(C)c3C2=O)c(=O)[nH]1. The molecule has 2 aromatic rings. The zero-order chi connectivity index (χ0) is 23.1. The van der Waals surface area contributed by atoms with E-state index in [0.717, 1.165) is 41.6 Å². The van der Waals surface area contributed by atoms with E-state index in [0.29, 0.717) is 18.7 Å². The molecule has 0 radical (unpaired) electrons. The molecule has 178 valence electrons. The van der Waals surface area contributed by atoms with Crippen LogP contribution < -0.4 is 5.56 Å². The molecular formula is C27H37N3O2S. The van der Waals surface area contributed by atoms with Gasteiger partial charge in [-0.05, 0) is 102 Å². The predicted octanol–water partition coefficient (Wildman–Crippen LogP) is 4.76. The molecule has 0 bridgehead atoms. The Balaban J connectivity index is 1.23. The number of rotatable bonds is 6. The number of aromatic amines is 1. The van der Waals surface area contributed by atoms with Gasteiger partial charge in [-0.1, -0.05) is 0 Å². The van der Waals surface area contributed by atoms with Crippen molar-refractivity contribution in [3.8, 4) is 0 Å². The molecule has 6 heteroatoms. The Kier molecular flexibility index (Phi) is 6.49. The van der Waals surface area contributed by atoms with Gasteiger partial charge < -0.3 is 14.8 Å². The molecule has 1 aliphatic carbocycles. The molecule has 2 aliphatic heterocycles. The first-order valence-electron chi connectivity index (χ1n) is 12.7. The van der Waals surface area contributed by atoms with Crippen LogP contribution in [0.1, 0.15) is 81.0 Å². The fraction of sp³-hybridized carbons (Fsp3) is 0.630. The lowest BCUT2D eigenvalue weighted by molar-refractivity contribution is 0.0727. The van der Waals surface area contributed by atoms with Crippen LogP contribution in [0, 0.1) is 26.7 Å². The molecule has 1 saturated carbocycles. The van der Waals surface area contributed by atoms with Crippen LogP contribution in [0.5, 0.6) is 0 Å². The second-order valence-corrected chi connectivity index (χ2v) is 11.7. The minimum absolute atomic E-state index is 0.0716. The number of likely N-dealkylation sites (tertiary alicyclic amines) is 1. The first-order valence-corrected chi connectivity index (χ1v) is 13.6. The van der Waals surface area contributed by atoms with Crippen LogP contribution in [-0.2, 0) is 19.4 Å². The van der Waals surface area contributed by atoms with E-state index in [4.69, 9.17) is 0 Å². The summed E-state index contributed by atoms with van der Waals surface area (Å²) in [5.74, 6) is 0.940. The molecule has 0 aromatic carbocycles. The van der Waals surface area contributed by atoms with Crippen molar-refractivity contribution in [3.05, 3.63) is 54.1 Å². The van der Waals surface area contributed by atoms with Crippen molar-refractivity contribution < 1.29 is 4.79 Å². The summed E-state index contributed by atoms with van der Waals surface area (Å²) in [7, 11) is 0. The predicted molar refractivity (Wildman–Crippen MR) is 134 cm³/mol. The molecule has 1 saturated heterocycles. The number of aryl methyl sites for hydroxylation is 3. The lowest BCUT2D eigenvalue weighted by Gasteiger charge is -2.42. The zero-order valence-electron chi connectivity index (χ0n) is 20.3. The number of amides is 1. The Hall–Kier alpha value is -1.92. The number of hydrogen-bond acceptors (Lipinski definition) is 4. The third-order valence-electron chi connectivity index (χ3n) is 8.27. The van der Waals surface area contributed by atoms with Gasteiger partial charge in [0, 0.05) is 40.0 Å². The highest BCUT2D eigenvalue weighted by molar-refractivity contribution is 7.12. The van der Waals surface area contributed by atoms with E-state index in [1.165, 1.54) is 66.9 Å². The number of pyridine rings is 1. The molecule has 5 nitrogen and oxygen atoms in total. The van der Waals surface area contributed by atoms with Gasteiger partial charge in [0.25, 0.3) is 11.5 Å². The van der Waals surface area contributed by atoms with Crippen molar-refractivity contribution in [1.29, 1.82) is 0 Å². The van der Waals surface area contributed by atoms with Gasteiger partial charge in [-0.3, -0.25) is 9.59 Å². The fourth-order valence-electron chi connectivity index (χ4n) is 6.07. The maximum Gasteiger partial charge on any atom is 0.255 e. The maximum atomic E-state index is 13.4. The number of nitrogens with one attached hydrogen (secondary N) is 1. The standard InChI is InChI=1S/C27H37N3O2S/c1-17-15-18(2)28-26(31)22(17)16-30-14-11-24-25(27(30)32)19(3)23(33-24)10-7-20-5-8-21(9-6-20)29-12-4-13-29/h15,20-21H,4-14,16H2,1-3H3,(H,28,31)/t20-,21-. The van der Waals surface area contributed by atoms with Crippen LogP contribution in [0.15, 0.2) is 10.9 Å². The van der Waals surface area contributed by atoms with Crippen LogP contribution >= 0.6 is 11.3 Å². The minimum Gasteiger partial charge on any atom is -0.334 e. The van der Waals surface area contributed by atoms with Gasteiger partial charge in [0.15, 0.2) is 0 Å². The molecule has 0 atom stereocenters. The Morgan fingerprint density at radius 3 is 2.48 bits per heavy atom. The Labute approximate surface area is 201 Å². The number of thiophene rings is 1. The highest BCUT2D eigenvalue weighted by Crippen LogP contribution is 2.37. The Morgan fingerprint density at radius 1 is 1.06 bits per heavy atom. The molecule has 2 aromatic heterocycles. The number of H-pyrrole nitrogens is 1. The zero-order valence-corrected chi connectivity index (χ0v) is 21.2. The van der Waals surface area contributed by atoms with E-state index < -0.39 is 0 Å². The van der Waals surface area contributed by atoms with Gasteiger partial charge in [0.1, 0.15) is 0 Å². The lowest BCUT2D eigenvalue weighted by atomic mass is 9.82. The molecule has 0 spiro atoms. The number of aromatic nitrogens is 1. The van der Waals surface area contributed by atoms with Crippen LogP contribution in [0.3, 0.4) is 0 Å². The molecule has 3 aliphatic rings. The van der Waals surface area contributed by atoms with Gasteiger partial charge >= 0.3 is 0 Å². The van der Waals surface area contributed by atoms with Gasteiger partial charge in [-0.15, -0.1) is 11.3 Å². The number of fused-ring (bicyclic) bond motifs is 1. The normalized spacial score (nSPS) is 23.5. The topological polar surface area (TPSA) is 56.4 Å². The van der Waals surface area contributed by atoms with Crippen LogP contribution in [-0.4, -0.2) is 46.4 Å². The van der Waals surface area contributed by atoms with E-state index >= 15 is 0 Å². The summed E-state index contributed by atoms with van der Waals surface area (Å²) in [5, 5.41) is 0. The molecule has 5 rings (SSSR count). The molecular weight excluding hydrogens is 430 g/mol. The Bertz CT molecular complexity index is 1090. The van der Waals surface area contributed by atoms with Gasteiger partial charge in [0.2, 0.25) is 0 Å². The summed E-state index contributed by atoms with van der Waals surface area (Å²) in [5.41, 5.74) is 4.57. The van der Waals surface area contributed by atoms with Gasteiger partial charge in [-0.25, -0.2) is 0 Å². The average molecular weight is 468 g/mol. The highest BCUT2D eigenvalue weighted by Gasteiger charge is 2.32. The first kappa shape index (κ1) is 22.9. The number of carbonyl (C=O) groups is 1. The van der Waals surface area contributed by atoms with Crippen LogP contribution in [0.2, 0.25) is 0 Å². The third kappa shape index (κ3) is 4.57. The second-order valence-electron chi connectivity index (χ2n) is 10.5. The number of nitrogens with zero attached hydrogens (tertiary/aromatic N) is 2. The quantitative estimate of drug-likeness (QED) is 0.667. The molecule has 2 fully saturated rings. The van der Waals surface area contributed by atoms with Crippen molar-refractivity contribution in [1.82, 2.24) is 14.8 Å². The van der Waals surface area contributed by atoms with E-state index in [-0.39, 0.29) is 11.5 Å². The molecule has 1 amide bonds. The van der Waals surface area contributed by atoms with Crippen molar-refractivity contribution >= 4 is 17.2 Å². The summed E-state index contributed by atoms with van der Waals surface area (Å²) in [4.78, 5) is 36.0. The summed E-state index contributed by atoms with van der Waals surface area (Å²) < 4.78 is 0. The van der Waals surface area contributed by atoms with Crippen molar-refractivity contribution in [3.63, 3.8) is 0 Å². The third-order valence-corrected chi connectivity index (χ3v) is 9.69. The van der Waals surface area contributed by atoms with E-state index in [9.17, 15) is 9.59 Å². The molecule has 0 unspecified atom stereocenters. The Morgan fingerprint density at radius 2 is 1.82 bits per heavy atom. The van der Waals surface area contributed by atoms with E-state index in [1.807, 2.05) is 36.2 Å². The second kappa shape index (κ2) is 9.38. The molecule has 4 heterocycles. The molecule has 1 N–H and O–H groups in total. The van der Waals surface area contributed by atoms with Crippen LogP contribution in [0.4, 0.5) is 0 Å². The largest absolute Gasteiger partial charge is 0.334 e. The van der Waals surface area contributed by atoms with E-state index in [2.05, 4.69) is 16.8 Å². The van der Waals surface area contributed by atoms with Gasteiger partial charge in [0.05, 0.1) is 12.1 Å². The lowest BCUT2D eigenvalue weighted by Crippen LogP contribution is -2.46. The monoisotopic (exact) mass is 467 g/mol. The smallest absolute Gasteiger partial charge is 0.255 e. The minimum atomic E-state index is -0.0716. The average Bonchev–Trinajstić information content (AvgIpc) is 3.06.